The van der Waals surface area contributed by atoms with Gasteiger partial charge in [-0.25, -0.2) is 0 Å². The molecule has 0 saturated carbocycles. The van der Waals surface area contributed by atoms with Gasteiger partial charge in [-0.15, -0.1) is 0 Å². The van der Waals surface area contributed by atoms with Crippen LogP contribution < -0.4 is 0 Å². The smallest absolute Gasteiger partial charge is 0.312 e. The van der Waals surface area contributed by atoms with Gasteiger partial charge in [-0.3, -0.25) is 9.59 Å². The summed E-state index contributed by atoms with van der Waals surface area (Å²) in [4.78, 5) is 23.3. The van der Waals surface area contributed by atoms with Gasteiger partial charge in [0.1, 0.15) is 5.60 Å². The number of carbonyl (C=O) groups excluding carboxylic acids is 2. The van der Waals surface area contributed by atoms with E-state index in [1.54, 1.807) is 0 Å². The Labute approximate surface area is 135 Å². The summed E-state index contributed by atoms with van der Waals surface area (Å²) < 4.78 is 10.5. The van der Waals surface area contributed by atoms with Crippen LogP contribution >= 0.6 is 0 Å². The van der Waals surface area contributed by atoms with Crippen molar-refractivity contribution in [2.45, 2.75) is 92.1 Å². The van der Waals surface area contributed by atoms with E-state index in [-0.39, 0.29) is 11.9 Å². The Kier molecular flexibility index (Phi) is 9.38. The third-order valence-electron chi connectivity index (χ3n) is 4.02. The van der Waals surface area contributed by atoms with Gasteiger partial charge in [0.05, 0.1) is 12.0 Å². The van der Waals surface area contributed by atoms with E-state index in [0.29, 0.717) is 13.0 Å². The molecule has 0 rings (SSSR count). The van der Waals surface area contributed by atoms with Crippen molar-refractivity contribution in [2.75, 3.05) is 6.61 Å². The third kappa shape index (κ3) is 9.06. The van der Waals surface area contributed by atoms with E-state index >= 15 is 0 Å². The highest BCUT2D eigenvalue weighted by atomic mass is 16.6. The van der Waals surface area contributed by atoms with Gasteiger partial charge in [0.25, 0.3) is 0 Å². The minimum Gasteiger partial charge on any atom is -0.466 e. The van der Waals surface area contributed by atoms with Crippen molar-refractivity contribution in [3.63, 3.8) is 0 Å². The molecule has 4 nitrogen and oxygen atoms in total. The van der Waals surface area contributed by atoms with E-state index in [4.69, 9.17) is 9.47 Å². The van der Waals surface area contributed by atoms with Crippen LogP contribution in [0.25, 0.3) is 0 Å². The Bertz CT molecular complexity index is 345. The predicted octanol–water partition coefficient (Wildman–Crippen LogP) is 4.65. The van der Waals surface area contributed by atoms with E-state index < -0.39 is 11.0 Å². The van der Waals surface area contributed by atoms with Crippen molar-refractivity contribution >= 4 is 11.9 Å². The molecule has 130 valence electrons. The second-order valence-corrected chi connectivity index (χ2v) is 7.11. The molecule has 4 heteroatoms. The summed E-state index contributed by atoms with van der Waals surface area (Å²) >= 11 is 0. The third-order valence-corrected chi connectivity index (χ3v) is 4.02. The lowest BCUT2D eigenvalue weighted by molar-refractivity contribution is -0.168. The summed E-state index contributed by atoms with van der Waals surface area (Å²) in [6.45, 7) is 12.0. The number of hydrogen-bond acceptors (Lipinski definition) is 4. The van der Waals surface area contributed by atoms with Crippen molar-refractivity contribution < 1.29 is 19.1 Å². The van der Waals surface area contributed by atoms with Crippen LogP contribution in [0.5, 0.6) is 0 Å². The minimum absolute atomic E-state index is 0.112. The average molecular weight is 314 g/mol. The minimum atomic E-state index is -0.426. The maximum atomic E-state index is 12.1. The molecule has 0 aliphatic rings. The van der Waals surface area contributed by atoms with Gasteiger partial charge >= 0.3 is 11.9 Å². The Morgan fingerprint density at radius 3 is 2.05 bits per heavy atom. The van der Waals surface area contributed by atoms with Crippen LogP contribution in [-0.2, 0) is 19.1 Å². The van der Waals surface area contributed by atoms with Crippen molar-refractivity contribution in [3.8, 4) is 0 Å². The van der Waals surface area contributed by atoms with Crippen LogP contribution in [0.15, 0.2) is 0 Å². The molecule has 0 heterocycles. The molecule has 0 aromatic carbocycles. The molecule has 0 aromatic rings. The number of ether oxygens (including phenoxy) is 2. The van der Waals surface area contributed by atoms with E-state index in [1.165, 1.54) is 0 Å². The van der Waals surface area contributed by atoms with E-state index in [9.17, 15) is 9.59 Å². The lowest BCUT2D eigenvalue weighted by Gasteiger charge is -2.30. The van der Waals surface area contributed by atoms with E-state index in [0.717, 1.165) is 38.5 Å². The number of esters is 2. The lowest BCUT2D eigenvalue weighted by Crippen LogP contribution is -2.35. The molecule has 0 unspecified atom stereocenters. The quantitative estimate of drug-likeness (QED) is 0.411. The topological polar surface area (TPSA) is 52.6 Å². The van der Waals surface area contributed by atoms with Crippen LogP contribution in [0, 0.1) is 5.41 Å². The lowest BCUT2D eigenvalue weighted by atomic mass is 9.90. The van der Waals surface area contributed by atoms with Gasteiger partial charge < -0.3 is 9.47 Å². The summed E-state index contributed by atoms with van der Waals surface area (Å²) in [6.07, 6.45) is 6.02. The number of hydrogen-bond donors (Lipinski definition) is 0. The van der Waals surface area contributed by atoms with Crippen LogP contribution in [0.4, 0.5) is 0 Å². The van der Waals surface area contributed by atoms with Crippen molar-refractivity contribution in [1.82, 2.24) is 0 Å². The van der Waals surface area contributed by atoms with Gasteiger partial charge in [0.15, 0.2) is 0 Å². The van der Waals surface area contributed by atoms with Crippen molar-refractivity contribution in [1.29, 1.82) is 0 Å². The van der Waals surface area contributed by atoms with Gasteiger partial charge in [0, 0.05) is 6.42 Å². The largest absolute Gasteiger partial charge is 0.466 e. The van der Waals surface area contributed by atoms with Gasteiger partial charge in [-0.05, 0) is 60.3 Å². The fourth-order valence-corrected chi connectivity index (χ4v) is 1.99. The molecule has 0 aliphatic heterocycles. The highest BCUT2D eigenvalue weighted by molar-refractivity contribution is 5.76. The molecular weight excluding hydrogens is 280 g/mol. The highest BCUT2D eigenvalue weighted by Gasteiger charge is 2.32. The zero-order chi connectivity index (χ0) is 17.2. The first-order valence-corrected chi connectivity index (χ1v) is 8.53. The molecule has 0 aliphatic carbocycles. The first kappa shape index (κ1) is 20.9. The number of carbonyl (C=O) groups is 2. The van der Waals surface area contributed by atoms with Crippen LogP contribution in [0.1, 0.15) is 86.5 Å². The summed E-state index contributed by atoms with van der Waals surface area (Å²) in [7, 11) is 0. The molecule has 22 heavy (non-hydrogen) atoms. The zero-order valence-corrected chi connectivity index (χ0v) is 15.3. The van der Waals surface area contributed by atoms with Crippen LogP contribution in [-0.4, -0.2) is 24.1 Å². The average Bonchev–Trinajstić information content (AvgIpc) is 2.42. The SMILES string of the molecule is CCOC(=O)CCCCCCC(C)(C)OC(=O)C(C)(C)CC. The molecule has 0 spiro atoms. The maximum absolute atomic E-state index is 12.1. The molecule has 0 atom stereocenters. The summed E-state index contributed by atoms with van der Waals surface area (Å²) in [5.41, 5.74) is -0.846. The number of rotatable bonds is 11. The molecule has 0 bridgehead atoms. The van der Waals surface area contributed by atoms with Gasteiger partial charge in [-0.1, -0.05) is 19.8 Å². The van der Waals surface area contributed by atoms with Gasteiger partial charge in [0.2, 0.25) is 0 Å². The second-order valence-electron chi connectivity index (χ2n) is 7.11. The van der Waals surface area contributed by atoms with E-state index in [2.05, 4.69) is 0 Å². The standard InChI is InChI=1S/C18H34O4/c1-7-17(3,4)16(20)22-18(5,6)14-12-10-9-11-13-15(19)21-8-2/h7-14H2,1-6H3. The predicted molar refractivity (Wildman–Crippen MR) is 88.6 cm³/mol. The molecule has 0 amide bonds. The second kappa shape index (κ2) is 9.86. The summed E-state index contributed by atoms with van der Waals surface area (Å²) in [5, 5.41) is 0. The van der Waals surface area contributed by atoms with Crippen LogP contribution in [0.2, 0.25) is 0 Å². The Hall–Kier alpha value is -1.06. The fourth-order valence-electron chi connectivity index (χ4n) is 1.99. The molecule has 0 radical (unpaired) electrons. The maximum Gasteiger partial charge on any atom is 0.312 e. The Morgan fingerprint density at radius 1 is 0.909 bits per heavy atom. The fraction of sp³-hybridized carbons (Fsp3) is 0.889. The first-order valence-electron chi connectivity index (χ1n) is 8.53. The van der Waals surface area contributed by atoms with Crippen molar-refractivity contribution in [2.24, 2.45) is 5.41 Å². The monoisotopic (exact) mass is 314 g/mol. The summed E-state index contributed by atoms with van der Waals surface area (Å²) in [6, 6.07) is 0. The van der Waals surface area contributed by atoms with Crippen LogP contribution in [0.3, 0.4) is 0 Å². The molecule has 0 aromatic heterocycles. The first-order chi connectivity index (χ1) is 10.1. The molecular formula is C18H34O4. The zero-order valence-electron chi connectivity index (χ0n) is 15.3. The van der Waals surface area contributed by atoms with Gasteiger partial charge in [-0.2, -0.15) is 0 Å². The molecule has 0 N–H and O–H groups in total. The van der Waals surface area contributed by atoms with E-state index in [1.807, 2.05) is 41.5 Å². The number of unbranched alkanes of at least 4 members (excludes halogenated alkanes) is 3. The Morgan fingerprint density at radius 2 is 1.50 bits per heavy atom. The highest BCUT2D eigenvalue weighted by Crippen LogP contribution is 2.27. The summed E-state index contributed by atoms with van der Waals surface area (Å²) in [5.74, 6) is -0.235. The normalized spacial score (nSPS) is 12.1. The molecule has 0 fully saturated rings. The Balaban J connectivity index is 3.90. The molecule has 0 saturated heterocycles. The van der Waals surface area contributed by atoms with Crippen molar-refractivity contribution in [3.05, 3.63) is 0 Å².